The Morgan fingerprint density at radius 1 is 1.12 bits per heavy atom. The van der Waals surface area contributed by atoms with Crippen LogP contribution in [0.1, 0.15) is 0 Å². The van der Waals surface area contributed by atoms with E-state index >= 15 is 0 Å². The van der Waals surface area contributed by atoms with Crippen LogP contribution >= 0.6 is 11.5 Å². The summed E-state index contributed by atoms with van der Waals surface area (Å²) in [6.07, 6.45) is 1.66. The van der Waals surface area contributed by atoms with Gasteiger partial charge in [-0.05, 0) is 23.7 Å². The van der Waals surface area contributed by atoms with Crippen LogP contribution in [0.2, 0.25) is 0 Å². The molecule has 0 N–H and O–H groups in total. The molecule has 3 aromatic rings. The van der Waals surface area contributed by atoms with Crippen LogP contribution in [-0.2, 0) is 0 Å². The fraction of sp³-hybridized carbons (Fsp3) is 0. The van der Waals surface area contributed by atoms with Gasteiger partial charge in [-0.2, -0.15) is 0 Å². The van der Waals surface area contributed by atoms with Crippen LogP contribution in [-0.4, -0.2) is 9.59 Å². The van der Waals surface area contributed by atoms with E-state index in [9.17, 15) is 4.79 Å². The lowest BCUT2D eigenvalue weighted by atomic mass is 10.2. The molecule has 0 amide bonds. The summed E-state index contributed by atoms with van der Waals surface area (Å²) in [4.78, 5) is 10.7. The highest BCUT2D eigenvalue weighted by atomic mass is 32.1. The lowest BCUT2D eigenvalue weighted by molar-refractivity contribution is 0.561. The standard InChI is InChI=1S/C9H6O2.C2H2N2S/c10-9-6-5-7-3-1-2-4-8(7)11-9;1-2-5-4-3-1/h1-6H;1-2H. The Kier molecular flexibility index (Phi) is 3.40. The van der Waals surface area contributed by atoms with Gasteiger partial charge < -0.3 is 4.42 Å². The van der Waals surface area contributed by atoms with Crippen LogP contribution in [0.25, 0.3) is 11.0 Å². The Balaban J connectivity index is 0.000000162. The van der Waals surface area contributed by atoms with Crippen LogP contribution in [0.15, 0.2) is 57.2 Å². The third kappa shape index (κ3) is 2.74. The van der Waals surface area contributed by atoms with Gasteiger partial charge in [0.1, 0.15) is 5.58 Å². The van der Waals surface area contributed by atoms with Crippen LogP contribution < -0.4 is 5.63 Å². The first-order chi connectivity index (χ1) is 7.86. The number of rotatable bonds is 0. The second-order valence-corrected chi connectivity index (χ2v) is 3.53. The average molecular weight is 232 g/mol. The van der Waals surface area contributed by atoms with Crippen molar-refractivity contribution in [3.05, 3.63) is 58.4 Å². The zero-order chi connectivity index (χ0) is 11.2. The van der Waals surface area contributed by atoms with Crippen molar-refractivity contribution in [3.63, 3.8) is 0 Å². The van der Waals surface area contributed by atoms with E-state index in [4.69, 9.17) is 4.42 Å². The first-order valence-electron chi connectivity index (χ1n) is 4.56. The maximum atomic E-state index is 10.7. The van der Waals surface area contributed by atoms with Gasteiger partial charge >= 0.3 is 5.63 Å². The molecule has 2 heterocycles. The van der Waals surface area contributed by atoms with Crippen molar-refractivity contribution in [3.8, 4) is 0 Å². The highest BCUT2D eigenvalue weighted by molar-refractivity contribution is 7.03. The van der Waals surface area contributed by atoms with Gasteiger partial charge in [0.2, 0.25) is 0 Å². The summed E-state index contributed by atoms with van der Waals surface area (Å²) in [6.45, 7) is 0. The number of fused-ring (bicyclic) bond motifs is 1. The number of aromatic nitrogens is 2. The number of nitrogens with zero attached hydrogens (tertiary/aromatic N) is 2. The fourth-order valence-electron chi connectivity index (χ4n) is 1.15. The van der Waals surface area contributed by atoms with Crippen molar-refractivity contribution in [2.75, 3.05) is 0 Å². The van der Waals surface area contributed by atoms with E-state index in [1.165, 1.54) is 17.6 Å². The van der Waals surface area contributed by atoms with Gasteiger partial charge in [-0.25, -0.2) is 4.79 Å². The highest BCUT2D eigenvalue weighted by Crippen LogP contribution is 2.08. The molecule has 1 aromatic carbocycles. The molecule has 4 nitrogen and oxygen atoms in total. The molecule has 2 aromatic heterocycles. The third-order valence-corrected chi connectivity index (χ3v) is 2.24. The Morgan fingerprint density at radius 3 is 2.69 bits per heavy atom. The normalized spacial score (nSPS) is 9.50. The number of para-hydroxylation sites is 1. The summed E-state index contributed by atoms with van der Waals surface area (Å²) in [6, 6.07) is 10.6. The highest BCUT2D eigenvalue weighted by Gasteiger charge is 1.92. The van der Waals surface area contributed by atoms with Crippen LogP contribution in [0.5, 0.6) is 0 Å². The largest absolute Gasteiger partial charge is 0.423 e. The summed E-state index contributed by atoms with van der Waals surface area (Å²) in [7, 11) is 0. The molecule has 5 heteroatoms. The Bertz CT molecular complexity index is 587. The van der Waals surface area contributed by atoms with Gasteiger partial charge in [0, 0.05) is 16.8 Å². The molecule has 0 fully saturated rings. The molecule has 0 aliphatic carbocycles. The van der Waals surface area contributed by atoms with Crippen molar-refractivity contribution in [2.45, 2.75) is 0 Å². The maximum Gasteiger partial charge on any atom is 0.336 e. The van der Waals surface area contributed by atoms with E-state index in [0.29, 0.717) is 5.58 Å². The number of hydrogen-bond donors (Lipinski definition) is 0. The molecule has 0 bridgehead atoms. The van der Waals surface area contributed by atoms with E-state index in [1.54, 1.807) is 18.3 Å². The van der Waals surface area contributed by atoms with Crippen LogP contribution in [0.3, 0.4) is 0 Å². The molecule has 80 valence electrons. The second-order valence-electron chi connectivity index (χ2n) is 2.88. The molecule has 0 radical (unpaired) electrons. The summed E-state index contributed by atoms with van der Waals surface area (Å²) in [5, 5.41) is 6.26. The molecular weight excluding hydrogens is 224 g/mol. The minimum absolute atomic E-state index is 0.302. The van der Waals surface area contributed by atoms with Gasteiger partial charge in [-0.3, -0.25) is 0 Å². The summed E-state index contributed by atoms with van der Waals surface area (Å²) >= 11 is 1.35. The van der Waals surface area contributed by atoms with Crippen molar-refractivity contribution in [2.24, 2.45) is 0 Å². The van der Waals surface area contributed by atoms with Gasteiger partial charge in [0.25, 0.3) is 0 Å². The monoisotopic (exact) mass is 232 g/mol. The number of benzene rings is 1. The molecule has 0 atom stereocenters. The van der Waals surface area contributed by atoms with Gasteiger partial charge in [-0.1, -0.05) is 22.7 Å². The predicted octanol–water partition coefficient (Wildman–Crippen LogP) is 2.33. The summed E-state index contributed by atoms with van der Waals surface area (Å²) < 4.78 is 8.42. The zero-order valence-electron chi connectivity index (χ0n) is 8.24. The van der Waals surface area contributed by atoms with Crippen molar-refractivity contribution in [1.82, 2.24) is 9.59 Å². The molecule has 0 aliphatic rings. The summed E-state index contributed by atoms with van der Waals surface area (Å²) in [5.74, 6) is 0. The molecule has 0 aliphatic heterocycles. The van der Waals surface area contributed by atoms with Crippen molar-refractivity contribution < 1.29 is 4.42 Å². The molecule has 16 heavy (non-hydrogen) atoms. The molecule has 0 spiro atoms. The van der Waals surface area contributed by atoms with Gasteiger partial charge in [0.15, 0.2) is 0 Å². The first-order valence-corrected chi connectivity index (χ1v) is 5.40. The smallest absolute Gasteiger partial charge is 0.336 e. The van der Waals surface area contributed by atoms with Crippen LogP contribution in [0, 0.1) is 0 Å². The molecule has 0 unspecified atom stereocenters. The van der Waals surface area contributed by atoms with Gasteiger partial charge in [-0.15, -0.1) is 5.10 Å². The minimum atomic E-state index is -0.302. The van der Waals surface area contributed by atoms with E-state index in [2.05, 4.69) is 9.59 Å². The molecule has 0 saturated heterocycles. The van der Waals surface area contributed by atoms with Crippen LogP contribution in [0.4, 0.5) is 0 Å². The Hall–Kier alpha value is -2.01. The Labute approximate surface area is 95.3 Å². The van der Waals surface area contributed by atoms with E-state index in [-0.39, 0.29) is 5.63 Å². The zero-order valence-corrected chi connectivity index (χ0v) is 9.05. The van der Waals surface area contributed by atoms with Crippen molar-refractivity contribution in [1.29, 1.82) is 0 Å². The molecule has 0 saturated carbocycles. The van der Waals surface area contributed by atoms with E-state index in [0.717, 1.165) is 5.39 Å². The lowest BCUT2D eigenvalue weighted by Gasteiger charge is -1.91. The lowest BCUT2D eigenvalue weighted by Crippen LogP contribution is -1.93. The molecular formula is C11H8N2O2S. The van der Waals surface area contributed by atoms with Gasteiger partial charge in [0.05, 0.1) is 6.20 Å². The first kappa shape index (κ1) is 10.5. The second kappa shape index (κ2) is 5.18. The van der Waals surface area contributed by atoms with E-state index in [1.807, 2.05) is 23.6 Å². The minimum Gasteiger partial charge on any atom is -0.423 e. The topological polar surface area (TPSA) is 56.0 Å². The third-order valence-electron chi connectivity index (χ3n) is 1.81. The quantitative estimate of drug-likeness (QED) is 0.558. The fourth-order valence-corrected chi connectivity index (χ4v) is 1.42. The summed E-state index contributed by atoms with van der Waals surface area (Å²) in [5.41, 5.74) is 0.337. The number of hydrogen-bond acceptors (Lipinski definition) is 5. The predicted molar refractivity (Wildman–Crippen MR) is 62.4 cm³/mol. The van der Waals surface area contributed by atoms with E-state index < -0.39 is 0 Å². The average Bonchev–Trinajstić information content (AvgIpc) is 2.87. The Morgan fingerprint density at radius 2 is 2.00 bits per heavy atom. The van der Waals surface area contributed by atoms with Crippen molar-refractivity contribution >= 4 is 22.5 Å². The SMILES string of the molecule is O=c1ccc2ccccc2o1.c1csnn1. The maximum absolute atomic E-state index is 10.7. The molecule has 3 rings (SSSR count).